The SMILES string of the molecule is Cc1ccc(C)c(Sc2c(F)cccc2CNC(C)C)c1. The third-order valence-electron chi connectivity index (χ3n) is 3.30. The fraction of sp³-hybridized carbons (Fsp3) is 0.333. The lowest BCUT2D eigenvalue weighted by Gasteiger charge is -2.14. The Kier molecular flexibility index (Phi) is 5.43. The van der Waals surface area contributed by atoms with Crippen molar-refractivity contribution < 1.29 is 4.39 Å². The van der Waals surface area contributed by atoms with E-state index in [0.29, 0.717) is 12.6 Å². The highest BCUT2D eigenvalue weighted by Gasteiger charge is 2.12. The molecule has 0 heterocycles. The lowest BCUT2D eigenvalue weighted by atomic mass is 10.2. The van der Waals surface area contributed by atoms with Crippen LogP contribution in [0.3, 0.4) is 0 Å². The van der Waals surface area contributed by atoms with Crippen LogP contribution in [-0.4, -0.2) is 6.04 Å². The van der Waals surface area contributed by atoms with E-state index in [1.54, 1.807) is 6.07 Å². The van der Waals surface area contributed by atoms with E-state index in [4.69, 9.17) is 0 Å². The van der Waals surface area contributed by atoms with Crippen molar-refractivity contribution in [1.29, 1.82) is 0 Å². The summed E-state index contributed by atoms with van der Waals surface area (Å²) in [4.78, 5) is 1.84. The molecular weight excluding hydrogens is 281 g/mol. The number of aryl methyl sites for hydroxylation is 2. The van der Waals surface area contributed by atoms with Crippen LogP contribution in [0.25, 0.3) is 0 Å². The van der Waals surface area contributed by atoms with Crippen molar-refractivity contribution in [1.82, 2.24) is 5.32 Å². The predicted molar refractivity (Wildman–Crippen MR) is 88.4 cm³/mol. The average Bonchev–Trinajstić information content (AvgIpc) is 2.43. The van der Waals surface area contributed by atoms with E-state index < -0.39 is 0 Å². The fourth-order valence-corrected chi connectivity index (χ4v) is 3.18. The van der Waals surface area contributed by atoms with E-state index in [0.717, 1.165) is 15.4 Å². The molecule has 2 rings (SSSR count). The van der Waals surface area contributed by atoms with Gasteiger partial charge in [0.2, 0.25) is 0 Å². The van der Waals surface area contributed by atoms with Crippen LogP contribution >= 0.6 is 11.8 Å². The first-order chi connectivity index (χ1) is 9.97. The molecule has 1 N–H and O–H groups in total. The minimum atomic E-state index is -0.149. The van der Waals surface area contributed by atoms with Gasteiger partial charge in [0, 0.05) is 17.5 Å². The largest absolute Gasteiger partial charge is 0.310 e. The Labute approximate surface area is 131 Å². The molecule has 0 spiro atoms. The molecule has 0 saturated heterocycles. The Morgan fingerprint density at radius 2 is 1.90 bits per heavy atom. The Bertz CT molecular complexity index is 623. The van der Waals surface area contributed by atoms with Crippen molar-refractivity contribution >= 4 is 11.8 Å². The maximum absolute atomic E-state index is 14.2. The molecule has 0 radical (unpaired) electrons. The summed E-state index contributed by atoms with van der Waals surface area (Å²) in [5, 5.41) is 3.36. The Balaban J connectivity index is 2.32. The molecule has 0 fully saturated rings. The Morgan fingerprint density at radius 1 is 1.14 bits per heavy atom. The van der Waals surface area contributed by atoms with Gasteiger partial charge in [0.25, 0.3) is 0 Å². The fourth-order valence-electron chi connectivity index (χ4n) is 2.05. The number of hydrogen-bond donors (Lipinski definition) is 1. The highest BCUT2D eigenvalue weighted by molar-refractivity contribution is 7.99. The van der Waals surface area contributed by atoms with Crippen molar-refractivity contribution in [2.45, 2.75) is 50.1 Å². The third-order valence-corrected chi connectivity index (χ3v) is 4.63. The molecule has 0 amide bonds. The molecule has 1 nitrogen and oxygen atoms in total. The highest BCUT2D eigenvalue weighted by Crippen LogP contribution is 2.35. The van der Waals surface area contributed by atoms with Crippen molar-refractivity contribution in [3.63, 3.8) is 0 Å². The van der Waals surface area contributed by atoms with Gasteiger partial charge in [0.05, 0.1) is 4.90 Å². The molecule has 0 bridgehead atoms. The van der Waals surface area contributed by atoms with Crippen LogP contribution in [0.15, 0.2) is 46.2 Å². The van der Waals surface area contributed by atoms with Gasteiger partial charge in [-0.2, -0.15) is 0 Å². The summed E-state index contributed by atoms with van der Waals surface area (Å²) < 4.78 is 14.2. The lowest BCUT2D eigenvalue weighted by Crippen LogP contribution is -2.22. The van der Waals surface area contributed by atoms with Crippen LogP contribution in [0, 0.1) is 19.7 Å². The van der Waals surface area contributed by atoms with Gasteiger partial charge in [-0.25, -0.2) is 4.39 Å². The highest BCUT2D eigenvalue weighted by atomic mass is 32.2. The van der Waals surface area contributed by atoms with Crippen molar-refractivity contribution in [2.75, 3.05) is 0 Å². The molecule has 3 heteroatoms. The quantitative estimate of drug-likeness (QED) is 0.825. The minimum Gasteiger partial charge on any atom is -0.310 e. The second-order valence-corrected chi connectivity index (χ2v) is 6.69. The summed E-state index contributed by atoms with van der Waals surface area (Å²) in [6.45, 7) is 9.00. The van der Waals surface area contributed by atoms with E-state index in [9.17, 15) is 4.39 Å². The van der Waals surface area contributed by atoms with Crippen molar-refractivity contribution in [3.8, 4) is 0 Å². The number of nitrogens with one attached hydrogen (secondary N) is 1. The average molecular weight is 303 g/mol. The first-order valence-electron chi connectivity index (χ1n) is 7.23. The predicted octanol–water partition coefficient (Wildman–Crippen LogP) is 5.09. The van der Waals surface area contributed by atoms with E-state index in [1.165, 1.54) is 29.0 Å². The van der Waals surface area contributed by atoms with E-state index in [-0.39, 0.29) is 5.82 Å². The molecule has 0 atom stereocenters. The van der Waals surface area contributed by atoms with E-state index in [1.807, 2.05) is 6.07 Å². The standard InChI is InChI=1S/C18H22FNS/c1-12(2)20-11-15-6-5-7-16(19)18(15)21-17-10-13(3)8-9-14(17)4/h5-10,12,20H,11H2,1-4H3. The number of halogens is 1. The lowest BCUT2D eigenvalue weighted by molar-refractivity contribution is 0.564. The molecule has 112 valence electrons. The van der Waals surface area contributed by atoms with Crippen LogP contribution in [0.5, 0.6) is 0 Å². The molecule has 21 heavy (non-hydrogen) atoms. The van der Waals surface area contributed by atoms with Crippen LogP contribution in [0.1, 0.15) is 30.5 Å². The van der Waals surface area contributed by atoms with Crippen molar-refractivity contribution in [2.24, 2.45) is 0 Å². The molecule has 0 unspecified atom stereocenters. The number of rotatable bonds is 5. The Morgan fingerprint density at radius 3 is 2.62 bits per heavy atom. The van der Waals surface area contributed by atoms with E-state index in [2.05, 4.69) is 51.2 Å². The monoisotopic (exact) mass is 303 g/mol. The number of benzene rings is 2. The van der Waals surface area contributed by atoms with Gasteiger partial charge in [-0.15, -0.1) is 0 Å². The molecule has 2 aromatic rings. The molecule has 2 aromatic carbocycles. The van der Waals surface area contributed by atoms with Gasteiger partial charge >= 0.3 is 0 Å². The molecule has 0 saturated carbocycles. The van der Waals surface area contributed by atoms with Crippen LogP contribution < -0.4 is 5.32 Å². The summed E-state index contributed by atoms with van der Waals surface area (Å²) in [7, 11) is 0. The smallest absolute Gasteiger partial charge is 0.137 e. The van der Waals surface area contributed by atoms with Crippen molar-refractivity contribution in [3.05, 3.63) is 58.9 Å². The van der Waals surface area contributed by atoms with Gasteiger partial charge < -0.3 is 5.32 Å². The maximum atomic E-state index is 14.2. The summed E-state index contributed by atoms with van der Waals surface area (Å²) in [5.74, 6) is -0.149. The van der Waals surface area contributed by atoms with Gasteiger partial charge in [0.1, 0.15) is 5.82 Å². The molecule has 0 aromatic heterocycles. The van der Waals surface area contributed by atoms with Gasteiger partial charge in [0.15, 0.2) is 0 Å². The van der Waals surface area contributed by atoms with Crippen LogP contribution in [0.4, 0.5) is 4.39 Å². The number of hydrogen-bond acceptors (Lipinski definition) is 2. The zero-order valence-electron chi connectivity index (χ0n) is 13.0. The topological polar surface area (TPSA) is 12.0 Å². The van der Waals surface area contributed by atoms with Gasteiger partial charge in [-0.3, -0.25) is 0 Å². The normalized spacial score (nSPS) is 11.1. The van der Waals surface area contributed by atoms with Gasteiger partial charge in [-0.05, 0) is 42.7 Å². The second kappa shape index (κ2) is 7.10. The maximum Gasteiger partial charge on any atom is 0.137 e. The summed E-state index contributed by atoms with van der Waals surface area (Å²) in [6, 6.07) is 12.0. The first-order valence-corrected chi connectivity index (χ1v) is 8.05. The third kappa shape index (κ3) is 4.32. The molecule has 0 aliphatic rings. The second-order valence-electron chi connectivity index (χ2n) is 5.63. The van der Waals surface area contributed by atoms with E-state index >= 15 is 0 Å². The Hall–Kier alpha value is -1.32. The zero-order valence-corrected chi connectivity index (χ0v) is 13.9. The first kappa shape index (κ1) is 16.1. The zero-order chi connectivity index (χ0) is 15.4. The van der Waals surface area contributed by atoms with Crippen LogP contribution in [-0.2, 0) is 6.54 Å². The summed E-state index contributed by atoms with van der Waals surface area (Å²) >= 11 is 1.52. The summed E-state index contributed by atoms with van der Waals surface area (Å²) in [5.41, 5.74) is 3.38. The molecule has 0 aliphatic heterocycles. The molecular formula is C18H22FNS. The van der Waals surface area contributed by atoms with Gasteiger partial charge in [-0.1, -0.05) is 49.9 Å². The summed E-state index contributed by atoms with van der Waals surface area (Å²) in [6.07, 6.45) is 0. The minimum absolute atomic E-state index is 0.149. The molecule has 0 aliphatic carbocycles. The van der Waals surface area contributed by atoms with Crippen LogP contribution in [0.2, 0.25) is 0 Å².